The Labute approximate surface area is 193 Å². The molecule has 2 aromatic heterocycles. The topological polar surface area (TPSA) is 80.1 Å². The SMILES string of the molecule is COCC(C)(C)c1c(C2CC(F)(C(=O)O)C2)c2c(F)c3[nH]ncc3cc2n1-c1ccc(F)cc1. The number of carboxylic acid groups (broad SMARTS) is 1. The zero-order valence-corrected chi connectivity index (χ0v) is 19.0. The Morgan fingerprint density at radius 3 is 2.59 bits per heavy atom. The number of aromatic nitrogens is 3. The van der Waals surface area contributed by atoms with Crippen molar-refractivity contribution in [2.24, 2.45) is 0 Å². The van der Waals surface area contributed by atoms with E-state index in [0.717, 1.165) is 0 Å². The lowest BCUT2D eigenvalue weighted by molar-refractivity contribution is -0.158. The molecule has 0 atom stereocenters. The van der Waals surface area contributed by atoms with Crippen LogP contribution in [0.3, 0.4) is 0 Å². The van der Waals surface area contributed by atoms with Gasteiger partial charge in [-0.2, -0.15) is 5.10 Å². The van der Waals surface area contributed by atoms with Crippen LogP contribution in [0.1, 0.15) is 43.9 Å². The van der Waals surface area contributed by atoms with E-state index in [0.29, 0.717) is 27.8 Å². The second-order valence-electron chi connectivity index (χ2n) is 9.69. The van der Waals surface area contributed by atoms with Crippen molar-refractivity contribution >= 4 is 27.8 Å². The van der Waals surface area contributed by atoms with Gasteiger partial charge in [0.15, 0.2) is 5.82 Å². The molecule has 4 aromatic rings. The number of ether oxygens (including phenoxy) is 1. The first-order valence-electron chi connectivity index (χ1n) is 10.9. The standard InChI is InChI=1S/C25H24F3N3O3/c1-24(2,12-34-3)22-18(14-9-25(28,10-14)23(32)33)19-17(8-13-11-29-30-21(13)20(19)27)31(22)16-6-4-15(26)5-7-16/h4-8,11,14H,9-10,12H2,1-3H3,(H,29,30)(H,32,33). The second-order valence-corrected chi connectivity index (χ2v) is 9.69. The van der Waals surface area contributed by atoms with Crippen molar-refractivity contribution in [2.45, 2.75) is 43.7 Å². The number of hydrogen-bond donors (Lipinski definition) is 2. The lowest BCUT2D eigenvalue weighted by atomic mass is 9.66. The van der Waals surface area contributed by atoms with Crippen LogP contribution in [0, 0.1) is 11.6 Å². The van der Waals surface area contributed by atoms with Gasteiger partial charge in [0.25, 0.3) is 0 Å². The average Bonchev–Trinajstić information content (AvgIpc) is 3.35. The zero-order chi connectivity index (χ0) is 24.4. The number of methoxy groups -OCH3 is 1. The van der Waals surface area contributed by atoms with Crippen LogP contribution in [-0.4, -0.2) is 45.2 Å². The zero-order valence-electron chi connectivity index (χ0n) is 19.0. The van der Waals surface area contributed by atoms with Gasteiger partial charge in [-0.3, -0.25) is 5.10 Å². The maximum Gasteiger partial charge on any atom is 0.341 e. The summed E-state index contributed by atoms with van der Waals surface area (Å²) in [5.74, 6) is -2.99. The number of fused-ring (bicyclic) bond motifs is 2. The fourth-order valence-electron chi connectivity index (χ4n) is 5.28. The van der Waals surface area contributed by atoms with Crippen LogP contribution >= 0.6 is 0 Å². The summed E-state index contributed by atoms with van der Waals surface area (Å²) >= 11 is 0. The molecule has 6 nitrogen and oxygen atoms in total. The van der Waals surface area contributed by atoms with E-state index in [2.05, 4.69) is 10.2 Å². The molecule has 1 aliphatic rings. The van der Waals surface area contributed by atoms with Gasteiger partial charge in [-0.15, -0.1) is 0 Å². The first kappa shape index (κ1) is 22.5. The molecule has 0 saturated heterocycles. The minimum atomic E-state index is -2.35. The molecule has 0 amide bonds. The Morgan fingerprint density at radius 1 is 1.29 bits per heavy atom. The molecule has 9 heteroatoms. The molecule has 1 aliphatic carbocycles. The summed E-state index contributed by atoms with van der Waals surface area (Å²) in [6.07, 6.45) is 0.989. The molecule has 2 heterocycles. The summed E-state index contributed by atoms with van der Waals surface area (Å²) in [5.41, 5.74) is -0.482. The van der Waals surface area contributed by atoms with E-state index < -0.39 is 34.6 Å². The number of alkyl halides is 1. The minimum Gasteiger partial charge on any atom is -0.479 e. The van der Waals surface area contributed by atoms with Crippen molar-refractivity contribution < 1.29 is 27.8 Å². The van der Waals surface area contributed by atoms with E-state index in [-0.39, 0.29) is 30.4 Å². The fraction of sp³-hybridized carbons (Fsp3) is 0.360. The molecule has 0 bridgehead atoms. The van der Waals surface area contributed by atoms with Crippen LogP contribution in [0.15, 0.2) is 36.5 Å². The number of hydrogen-bond acceptors (Lipinski definition) is 3. The van der Waals surface area contributed by atoms with E-state index in [1.54, 1.807) is 25.3 Å². The number of H-pyrrole nitrogens is 1. The van der Waals surface area contributed by atoms with Gasteiger partial charge in [0.2, 0.25) is 5.67 Å². The first-order chi connectivity index (χ1) is 16.1. The highest BCUT2D eigenvalue weighted by Gasteiger charge is 2.54. The fourth-order valence-corrected chi connectivity index (χ4v) is 5.28. The highest BCUT2D eigenvalue weighted by molar-refractivity contribution is 6.00. The minimum absolute atomic E-state index is 0.213. The van der Waals surface area contributed by atoms with Crippen LogP contribution in [0.4, 0.5) is 13.2 Å². The Balaban J connectivity index is 1.89. The van der Waals surface area contributed by atoms with Crippen molar-refractivity contribution in [2.75, 3.05) is 13.7 Å². The van der Waals surface area contributed by atoms with Gasteiger partial charge in [0.1, 0.15) is 11.3 Å². The Morgan fingerprint density at radius 2 is 1.97 bits per heavy atom. The summed E-state index contributed by atoms with van der Waals surface area (Å²) in [6, 6.07) is 7.62. The van der Waals surface area contributed by atoms with E-state index >= 15 is 4.39 Å². The normalized spacial score (nSPS) is 20.7. The molecular weight excluding hydrogens is 447 g/mol. The smallest absolute Gasteiger partial charge is 0.341 e. The molecule has 0 radical (unpaired) electrons. The van der Waals surface area contributed by atoms with Crippen LogP contribution in [0.25, 0.3) is 27.5 Å². The number of halogens is 3. The monoisotopic (exact) mass is 471 g/mol. The van der Waals surface area contributed by atoms with Gasteiger partial charge in [-0.05, 0) is 54.7 Å². The summed E-state index contributed by atoms with van der Waals surface area (Å²) in [6.45, 7) is 4.13. The number of nitrogens with zero attached hydrogens (tertiary/aromatic N) is 2. The summed E-state index contributed by atoms with van der Waals surface area (Å²) in [4.78, 5) is 11.5. The summed E-state index contributed by atoms with van der Waals surface area (Å²) in [5, 5.41) is 16.8. The maximum absolute atomic E-state index is 16.0. The average molecular weight is 471 g/mol. The molecule has 0 spiro atoms. The van der Waals surface area contributed by atoms with Crippen LogP contribution in [0.5, 0.6) is 0 Å². The number of rotatable bonds is 6. The number of carboxylic acids is 1. The van der Waals surface area contributed by atoms with Gasteiger partial charge in [0, 0.05) is 34.7 Å². The van der Waals surface area contributed by atoms with Crippen molar-refractivity contribution in [3.63, 3.8) is 0 Å². The van der Waals surface area contributed by atoms with Crippen molar-refractivity contribution in [1.82, 2.24) is 14.8 Å². The number of nitrogens with one attached hydrogen (secondary N) is 1. The Bertz CT molecular complexity index is 1420. The molecular formula is C25H24F3N3O3. The van der Waals surface area contributed by atoms with Crippen LogP contribution in [-0.2, 0) is 14.9 Å². The van der Waals surface area contributed by atoms with Gasteiger partial charge in [0.05, 0.1) is 18.3 Å². The number of aliphatic carboxylic acids is 1. The van der Waals surface area contributed by atoms with Gasteiger partial charge in [-0.25, -0.2) is 18.0 Å². The molecule has 2 N–H and O–H groups in total. The quantitative estimate of drug-likeness (QED) is 0.396. The lowest BCUT2D eigenvalue weighted by Gasteiger charge is -2.40. The third-order valence-electron chi connectivity index (χ3n) is 6.81. The van der Waals surface area contributed by atoms with Crippen LogP contribution in [0.2, 0.25) is 0 Å². The third kappa shape index (κ3) is 3.21. The third-order valence-corrected chi connectivity index (χ3v) is 6.81. The molecule has 1 fully saturated rings. The highest BCUT2D eigenvalue weighted by atomic mass is 19.1. The number of carbonyl (C=O) groups is 1. The first-order valence-corrected chi connectivity index (χ1v) is 10.9. The van der Waals surface area contributed by atoms with Crippen molar-refractivity contribution in [3.8, 4) is 5.69 Å². The van der Waals surface area contributed by atoms with Gasteiger partial charge in [-0.1, -0.05) is 13.8 Å². The largest absolute Gasteiger partial charge is 0.479 e. The number of benzene rings is 2. The second kappa shape index (κ2) is 7.59. The lowest BCUT2D eigenvalue weighted by Crippen LogP contribution is -2.46. The van der Waals surface area contributed by atoms with E-state index in [1.807, 2.05) is 18.4 Å². The van der Waals surface area contributed by atoms with Gasteiger partial charge >= 0.3 is 5.97 Å². The molecule has 178 valence electrons. The molecule has 34 heavy (non-hydrogen) atoms. The van der Waals surface area contributed by atoms with E-state index in [4.69, 9.17) is 4.74 Å². The predicted molar refractivity (Wildman–Crippen MR) is 121 cm³/mol. The predicted octanol–water partition coefficient (Wildman–Crippen LogP) is 5.38. The maximum atomic E-state index is 16.0. The van der Waals surface area contributed by atoms with Crippen molar-refractivity contribution in [3.05, 3.63) is 59.4 Å². The number of aromatic amines is 1. The van der Waals surface area contributed by atoms with Crippen molar-refractivity contribution in [1.29, 1.82) is 0 Å². The summed E-state index contributed by atoms with van der Waals surface area (Å²) < 4.78 is 51.9. The van der Waals surface area contributed by atoms with E-state index in [1.165, 1.54) is 18.3 Å². The summed E-state index contributed by atoms with van der Waals surface area (Å²) in [7, 11) is 1.56. The molecule has 2 aromatic carbocycles. The van der Waals surface area contributed by atoms with E-state index in [9.17, 15) is 18.7 Å². The molecule has 0 unspecified atom stereocenters. The molecule has 5 rings (SSSR count). The van der Waals surface area contributed by atoms with Gasteiger partial charge < -0.3 is 14.4 Å². The Kier molecular flexibility index (Phi) is 5.02. The van der Waals surface area contributed by atoms with Crippen LogP contribution < -0.4 is 0 Å². The Hall–Kier alpha value is -3.33. The highest BCUT2D eigenvalue weighted by Crippen LogP contribution is 2.53. The molecule has 0 aliphatic heterocycles. The molecule has 1 saturated carbocycles.